The summed E-state index contributed by atoms with van der Waals surface area (Å²) in [7, 11) is 1.64. The van der Waals surface area contributed by atoms with Crippen LogP contribution >= 0.6 is 11.3 Å². The lowest BCUT2D eigenvalue weighted by Crippen LogP contribution is -2.10. The zero-order valence-corrected chi connectivity index (χ0v) is 11.3. The molecule has 100 valence electrons. The van der Waals surface area contributed by atoms with Gasteiger partial charge in [-0.1, -0.05) is 0 Å². The first kappa shape index (κ1) is 14.3. The highest BCUT2D eigenvalue weighted by Gasteiger charge is 2.26. The Balaban J connectivity index is 3.18. The van der Waals surface area contributed by atoms with E-state index in [4.69, 9.17) is 15.2 Å². The minimum Gasteiger partial charge on any atom is -0.462 e. The molecule has 0 amide bonds. The first-order chi connectivity index (χ1) is 8.56. The summed E-state index contributed by atoms with van der Waals surface area (Å²) in [6.07, 6.45) is 0. The number of thiophene rings is 1. The molecule has 0 fully saturated rings. The Bertz CT molecular complexity index is 456. The normalized spacial score (nSPS) is 9.94. The molecule has 0 saturated carbocycles. The van der Waals surface area contributed by atoms with Crippen LogP contribution in [0.1, 0.15) is 33.9 Å². The zero-order valence-electron chi connectivity index (χ0n) is 10.5. The maximum absolute atomic E-state index is 11.8. The van der Waals surface area contributed by atoms with E-state index < -0.39 is 11.9 Å². The fourth-order valence-electron chi connectivity index (χ4n) is 1.37. The third-order valence-corrected chi connectivity index (χ3v) is 3.32. The fraction of sp³-hybridized carbons (Fsp3) is 0.455. The van der Waals surface area contributed by atoms with E-state index in [1.807, 2.05) is 0 Å². The Morgan fingerprint density at radius 1 is 1.22 bits per heavy atom. The standard InChI is InChI=1S/C11H16N2O4S/c1-4-16-10(14)6-7(12)8(11(15)17-5-2)18-9(6)13-3/h13H,4-5,12H2,1-3H3. The van der Waals surface area contributed by atoms with Gasteiger partial charge in [-0.05, 0) is 13.8 Å². The van der Waals surface area contributed by atoms with Crippen molar-refractivity contribution in [2.45, 2.75) is 13.8 Å². The molecule has 0 aromatic carbocycles. The maximum atomic E-state index is 11.8. The smallest absolute Gasteiger partial charge is 0.350 e. The number of anilines is 2. The average Bonchev–Trinajstić information content (AvgIpc) is 2.67. The van der Waals surface area contributed by atoms with Gasteiger partial charge in [-0.2, -0.15) is 0 Å². The molecule has 1 rings (SSSR count). The van der Waals surface area contributed by atoms with Gasteiger partial charge in [-0.3, -0.25) is 0 Å². The molecule has 0 saturated heterocycles. The number of nitrogens with two attached hydrogens (primary N) is 1. The number of nitrogen functional groups attached to an aromatic ring is 1. The number of rotatable bonds is 5. The highest BCUT2D eigenvalue weighted by molar-refractivity contribution is 7.19. The van der Waals surface area contributed by atoms with E-state index in [1.165, 1.54) is 0 Å². The Kier molecular flexibility index (Phi) is 4.96. The Morgan fingerprint density at radius 3 is 2.28 bits per heavy atom. The maximum Gasteiger partial charge on any atom is 0.350 e. The second kappa shape index (κ2) is 6.25. The van der Waals surface area contributed by atoms with Crippen LogP contribution in [0.5, 0.6) is 0 Å². The predicted molar refractivity (Wildman–Crippen MR) is 70.2 cm³/mol. The molecule has 0 aliphatic heterocycles. The average molecular weight is 272 g/mol. The van der Waals surface area contributed by atoms with Crippen LogP contribution in [0.15, 0.2) is 0 Å². The summed E-state index contributed by atoms with van der Waals surface area (Å²) in [6, 6.07) is 0. The minimum atomic E-state index is -0.550. The van der Waals surface area contributed by atoms with E-state index in [-0.39, 0.29) is 29.3 Å². The van der Waals surface area contributed by atoms with Crippen LogP contribution in [0.3, 0.4) is 0 Å². The van der Waals surface area contributed by atoms with Crippen LogP contribution in [-0.4, -0.2) is 32.2 Å². The fourth-order valence-corrected chi connectivity index (χ4v) is 2.33. The third kappa shape index (κ3) is 2.73. The lowest BCUT2D eigenvalue weighted by molar-refractivity contribution is 0.0528. The first-order valence-electron chi connectivity index (χ1n) is 5.50. The molecular weight excluding hydrogens is 256 g/mol. The molecule has 0 aliphatic carbocycles. The molecule has 0 bridgehead atoms. The first-order valence-corrected chi connectivity index (χ1v) is 6.32. The van der Waals surface area contributed by atoms with Gasteiger partial charge in [-0.25, -0.2) is 9.59 Å². The van der Waals surface area contributed by atoms with Gasteiger partial charge >= 0.3 is 11.9 Å². The van der Waals surface area contributed by atoms with Crippen LogP contribution < -0.4 is 11.1 Å². The van der Waals surface area contributed by atoms with Crippen molar-refractivity contribution in [3.8, 4) is 0 Å². The van der Waals surface area contributed by atoms with Crippen LogP contribution in [-0.2, 0) is 9.47 Å². The van der Waals surface area contributed by atoms with Gasteiger partial charge in [0.25, 0.3) is 0 Å². The number of carbonyl (C=O) groups is 2. The van der Waals surface area contributed by atoms with Crippen molar-refractivity contribution in [1.29, 1.82) is 0 Å². The van der Waals surface area contributed by atoms with Crippen LogP contribution in [0.2, 0.25) is 0 Å². The monoisotopic (exact) mass is 272 g/mol. The van der Waals surface area contributed by atoms with Gasteiger partial charge in [0.2, 0.25) is 0 Å². The summed E-state index contributed by atoms with van der Waals surface area (Å²) in [5.41, 5.74) is 6.10. The van der Waals surface area contributed by atoms with E-state index in [1.54, 1.807) is 20.9 Å². The van der Waals surface area contributed by atoms with Crippen molar-refractivity contribution < 1.29 is 19.1 Å². The van der Waals surface area contributed by atoms with E-state index in [0.29, 0.717) is 5.00 Å². The molecule has 0 atom stereocenters. The van der Waals surface area contributed by atoms with Gasteiger partial charge in [-0.15, -0.1) is 11.3 Å². The van der Waals surface area contributed by atoms with Gasteiger partial charge in [0.15, 0.2) is 0 Å². The number of hydrogen-bond donors (Lipinski definition) is 2. The van der Waals surface area contributed by atoms with Crippen molar-refractivity contribution in [3.63, 3.8) is 0 Å². The van der Waals surface area contributed by atoms with Crippen molar-refractivity contribution in [2.75, 3.05) is 31.3 Å². The molecule has 18 heavy (non-hydrogen) atoms. The minimum absolute atomic E-state index is 0.0984. The van der Waals surface area contributed by atoms with Crippen LogP contribution in [0.4, 0.5) is 10.7 Å². The molecule has 1 aromatic rings. The number of esters is 2. The Morgan fingerprint density at radius 2 is 1.78 bits per heavy atom. The second-order valence-electron chi connectivity index (χ2n) is 3.24. The van der Waals surface area contributed by atoms with E-state index in [2.05, 4.69) is 5.32 Å². The Hall–Kier alpha value is -1.76. The molecule has 1 aromatic heterocycles. The summed E-state index contributed by atoms with van der Waals surface area (Å²) in [6.45, 7) is 3.89. The van der Waals surface area contributed by atoms with Gasteiger partial charge < -0.3 is 20.5 Å². The number of hydrogen-bond acceptors (Lipinski definition) is 7. The SMILES string of the molecule is CCOC(=O)c1sc(NC)c(C(=O)OCC)c1N. The molecule has 0 aliphatic rings. The van der Waals surface area contributed by atoms with E-state index in [0.717, 1.165) is 11.3 Å². The molecule has 0 unspecified atom stereocenters. The number of ether oxygens (including phenoxy) is 2. The highest BCUT2D eigenvalue weighted by atomic mass is 32.1. The third-order valence-electron chi connectivity index (χ3n) is 2.11. The topological polar surface area (TPSA) is 90.6 Å². The molecule has 6 nitrogen and oxygen atoms in total. The van der Waals surface area contributed by atoms with Gasteiger partial charge in [0, 0.05) is 7.05 Å². The van der Waals surface area contributed by atoms with Crippen LogP contribution in [0, 0.1) is 0 Å². The molecule has 1 heterocycles. The van der Waals surface area contributed by atoms with Crippen molar-refractivity contribution in [3.05, 3.63) is 10.4 Å². The molecule has 0 spiro atoms. The number of carbonyl (C=O) groups excluding carboxylic acids is 2. The lowest BCUT2D eigenvalue weighted by atomic mass is 10.2. The van der Waals surface area contributed by atoms with Crippen molar-refractivity contribution in [2.24, 2.45) is 0 Å². The highest BCUT2D eigenvalue weighted by Crippen LogP contribution is 2.36. The summed E-state index contributed by atoms with van der Waals surface area (Å²) in [5.74, 6) is -1.09. The van der Waals surface area contributed by atoms with Gasteiger partial charge in [0.05, 0.1) is 18.9 Å². The van der Waals surface area contributed by atoms with Crippen molar-refractivity contribution in [1.82, 2.24) is 0 Å². The van der Waals surface area contributed by atoms with Crippen LogP contribution in [0.25, 0.3) is 0 Å². The summed E-state index contributed by atoms with van der Waals surface area (Å²) < 4.78 is 9.77. The molecule has 0 radical (unpaired) electrons. The number of nitrogens with one attached hydrogen (secondary N) is 1. The quantitative estimate of drug-likeness (QED) is 0.793. The van der Waals surface area contributed by atoms with Gasteiger partial charge in [0.1, 0.15) is 15.4 Å². The predicted octanol–water partition coefficient (Wildman–Crippen LogP) is 1.73. The molecule has 7 heteroatoms. The zero-order chi connectivity index (χ0) is 13.7. The summed E-state index contributed by atoms with van der Waals surface area (Å²) in [4.78, 5) is 23.6. The summed E-state index contributed by atoms with van der Waals surface area (Å²) in [5, 5.41) is 3.32. The molecular formula is C11H16N2O4S. The summed E-state index contributed by atoms with van der Waals surface area (Å²) >= 11 is 1.08. The second-order valence-corrected chi connectivity index (χ2v) is 4.26. The molecule has 3 N–H and O–H groups in total. The van der Waals surface area contributed by atoms with E-state index in [9.17, 15) is 9.59 Å². The Labute approximate surface area is 109 Å². The lowest BCUT2D eigenvalue weighted by Gasteiger charge is -2.04. The van der Waals surface area contributed by atoms with Crippen molar-refractivity contribution >= 4 is 34.0 Å². The largest absolute Gasteiger partial charge is 0.462 e. The van der Waals surface area contributed by atoms with E-state index >= 15 is 0 Å².